The van der Waals surface area contributed by atoms with Gasteiger partial charge in [-0.25, -0.2) is 0 Å². The van der Waals surface area contributed by atoms with E-state index in [-0.39, 0.29) is 51.4 Å². The smallest absolute Gasteiger partial charge is 0.907 e. The standard InChI is InChI=1S/BO3.K/c2-1(3)4;/q-3;+1. The maximum absolute atomic E-state index is 8.42. The molecule has 5 heteroatoms. The predicted molar refractivity (Wildman–Crippen MR) is 5.75 cm³/mol. The molecule has 0 spiro atoms. The van der Waals surface area contributed by atoms with Crippen LogP contribution >= 0.6 is 0 Å². The van der Waals surface area contributed by atoms with Crippen molar-refractivity contribution in [2.24, 2.45) is 0 Å². The summed E-state index contributed by atoms with van der Waals surface area (Å²) in [6.07, 6.45) is 0. The van der Waals surface area contributed by atoms with Gasteiger partial charge in [-0.1, -0.05) is 0 Å². The predicted octanol–water partition coefficient (Wildman–Crippen LogP) is -6.94. The van der Waals surface area contributed by atoms with Crippen LogP contribution < -0.4 is 66.5 Å². The van der Waals surface area contributed by atoms with Crippen LogP contribution in [0.15, 0.2) is 0 Å². The van der Waals surface area contributed by atoms with Crippen molar-refractivity contribution in [2.45, 2.75) is 0 Å². The Labute approximate surface area is 72.6 Å². The third-order valence-electron chi connectivity index (χ3n) is 0. The molecule has 0 aliphatic rings. The first-order chi connectivity index (χ1) is 1.73. The second-order valence-electron chi connectivity index (χ2n) is 0.289. The molecular formula is BKO3-2. The quantitative estimate of drug-likeness (QED) is 0.282. The van der Waals surface area contributed by atoms with E-state index in [1.54, 1.807) is 0 Å². The van der Waals surface area contributed by atoms with Gasteiger partial charge in [0.05, 0.1) is 0 Å². The summed E-state index contributed by atoms with van der Waals surface area (Å²) in [5.74, 6) is 0. The summed E-state index contributed by atoms with van der Waals surface area (Å²) in [5, 5.41) is 25.2. The molecule has 0 amide bonds. The average molecular weight is 97.9 g/mol. The van der Waals surface area contributed by atoms with E-state index in [1.165, 1.54) is 0 Å². The molecule has 0 unspecified atom stereocenters. The molecule has 5 heavy (non-hydrogen) atoms. The Bertz CT molecular complexity index is 11.6. The molecule has 0 rings (SSSR count). The van der Waals surface area contributed by atoms with Gasteiger partial charge in [-0.15, -0.1) is 0 Å². The van der Waals surface area contributed by atoms with Gasteiger partial charge in [0, 0.05) is 0 Å². The van der Waals surface area contributed by atoms with Crippen molar-refractivity contribution in [2.75, 3.05) is 0 Å². The summed E-state index contributed by atoms with van der Waals surface area (Å²) in [6, 6.07) is 0. The van der Waals surface area contributed by atoms with Gasteiger partial charge in [-0.05, 0) is 0 Å². The monoisotopic (exact) mass is 98.0 g/mol. The van der Waals surface area contributed by atoms with Crippen molar-refractivity contribution in [1.29, 1.82) is 0 Å². The fraction of sp³-hybridized carbons (Fsp3) is 0. The average Bonchev–Trinajstić information content (AvgIpc) is 0.811. The maximum atomic E-state index is 8.42. The molecule has 0 heterocycles. The minimum absolute atomic E-state index is 0. The molecule has 0 aliphatic carbocycles. The Morgan fingerprint density at radius 1 is 1.00 bits per heavy atom. The van der Waals surface area contributed by atoms with Crippen molar-refractivity contribution >= 4 is 7.32 Å². The first-order valence-electron chi connectivity index (χ1n) is 0.707. The molecule has 24 valence electrons. The van der Waals surface area contributed by atoms with Gasteiger partial charge in [0.1, 0.15) is 0 Å². The van der Waals surface area contributed by atoms with Crippen LogP contribution in [0.25, 0.3) is 0 Å². The van der Waals surface area contributed by atoms with Crippen LogP contribution in [0.2, 0.25) is 0 Å². The molecule has 0 aromatic rings. The molecule has 0 bridgehead atoms. The van der Waals surface area contributed by atoms with Crippen molar-refractivity contribution < 1.29 is 66.5 Å². The maximum Gasteiger partial charge on any atom is 1.00 e. The molecular weight excluding hydrogens is 97.9 g/mol. The summed E-state index contributed by atoms with van der Waals surface area (Å²) >= 11 is 0. The van der Waals surface area contributed by atoms with E-state index in [0.717, 1.165) is 0 Å². The first kappa shape index (κ1) is 9.77. The molecule has 3 nitrogen and oxygen atoms in total. The Balaban J connectivity index is 0. The topological polar surface area (TPSA) is 69.2 Å². The molecule has 0 aliphatic heterocycles. The molecule has 0 aromatic carbocycles. The van der Waals surface area contributed by atoms with Crippen LogP contribution in [0, 0.1) is 0 Å². The summed E-state index contributed by atoms with van der Waals surface area (Å²) in [5.41, 5.74) is 0. The molecule has 0 aromatic heterocycles. The van der Waals surface area contributed by atoms with E-state index < -0.39 is 7.32 Å². The Morgan fingerprint density at radius 3 is 1.00 bits per heavy atom. The Hall–Kier alpha value is 1.58. The van der Waals surface area contributed by atoms with E-state index in [9.17, 15) is 0 Å². The summed E-state index contributed by atoms with van der Waals surface area (Å²) < 4.78 is 0. The van der Waals surface area contributed by atoms with Crippen LogP contribution in [0.1, 0.15) is 0 Å². The molecule has 0 N–H and O–H groups in total. The number of hydrogen-bond acceptors (Lipinski definition) is 3. The first-order valence-corrected chi connectivity index (χ1v) is 0.707. The van der Waals surface area contributed by atoms with Crippen molar-refractivity contribution in [3.63, 3.8) is 0 Å². The minimum atomic E-state index is -2.92. The second-order valence-corrected chi connectivity index (χ2v) is 0.289. The molecule has 0 atom stereocenters. The molecule has 0 saturated heterocycles. The van der Waals surface area contributed by atoms with Crippen LogP contribution in [0.4, 0.5) is 0 Å². The van der Waals surface area contributed by atoms with E-state index in [0.29, 0.717) is 0 Å². The zero-order chi connectivity index (χ0) is 3.58. The number of rotatable bonds is 0. The van der Waals surface area contributed by atoms with Crippen LogP contribution in [0.3, 0.4) is 0 Å². The summed E-state index contributed by atoms with van der Waals surface area (Å²) in [6.45, 7) is 0. The zero-order valence-corrected chi connectivity index (χ0v) is 5.93. The van der Waals surface area contributed by atoms with Gasteiger partial charge in [0.25, 0.3) is 0 Å². The van der Waals surface area contributed by atoms with Gasteiger partial charge in [0.15, 0.2) is 0 Å². The molecule has 0 saturated carbocycles. The SMILES string of the molecule is [K+].[O-]B([O-])[O-]. The van der Waals surface area contributed by atoms with Crippen molar-refractivity contribution in [1.82, 2.24) is 0 Å². The fourth-order valence-corrected chi connectivity index (χ4v) is 0. The van der Waals surface area contributed by atoms with E-state index in [2.05, 4.69) is 0 Å². The Morgan fingerprint density at radius 2 is 1.00 bits per heavy atom. The largest absolute Gasteiger partial charge is 1.00 e. The number of hydrogen-bond donors (Lipinski definition) is 0. The summed E-state index contributed by atoms with van der Waals surface area (Å²) in [4.78, 5) is 0. The third-order valence-corrected chi connectivity index (χ3v) is 0. The Kier molecular flexibility index (Phi) is 10.9. The summed E-state index contributed by atoms with van der Waals surface area (Å²) in [7, 11) is -2.92. The van der Waals surface area contributed by atoms with Gasteiger partial charge >= 0.3 is 51.4 Å². The van der Waals surface area contributed by atoms with Crippen LogP contribution in [-0.2, 0) is 0 Å². The van der Waals surface area contributed by atoms with Gasteiger partial charge in [-0.2, -0.15) is 0 Å². The van der Waals surface area contributed by atoms with E-state index in [1.807, 2.05) is 0 Å². The second kappa shape index (κ2) is 5.58. The van der Waals surface area contributed by atoms with Gasteiger partial charge < -0.3 is 15.1 Å². The minimum Gasteiger partial charge on any atom is -0.907 e. The normalized spacial score (nSPS) is 5.40. The van der Waals surface area contributed by atoms with Gasteiger partial charge in [-0.3, -0.25) is 7.32 Å². The van der Waals surface area contributed by atoms with Crippen LogP contribution in [-0.4, -0.2) is 7.32 Å². The molecule has 0 fully saturated rings. The van der Waals surface area contributed by atoms with Gasteiger partial charge in [0.2, 0.25) is 0 Å². The third kappa shape index (κ3) is 28.6. The van der Waals surface area contributed by atoms with Crippen LogP contribution in [0.5, 0.6) is 0 Å². The van der Waals surface area contributed by atoms with Crippen molar-refractivity contribution in [3.8, 4) is 0 Å². The van der Waals surface area contributed by atoms with E-state index >= 15 is 0 Å². The zero-order valence-electron chi connectivity index (χ0n) is 2.80. The molecule has 0 radical (unpaired) electrons. The fourth-order valence-electron chi connectivity index (χ4n) is 0. The van der Waals surface area contributed by atoms with E-state index in [4.69, 9.17) is 15.1 Å². The van der Waals surface area contributed by atoms with Crippen molar-refractivity contribution in [3.05, 3.63) is 0 Å².